The highest BCUT2D eigenvalue weighted by Crippen LogP contribution is 2.17. The number of aromatic nitrogens is 1. The van der Waals surface area contributed by atoms with E-state index < -0.39 is 0 Å². The molecule has 0 radical (unpaired) electrons. The van der Waals surface area contributed by atoms with Gasteiger partial charge in [0.05, 0.1) is 12.2 Å². The molecule has 8 heteroatoms. The zero-order chi connectivity index (χ0) is 18.9. The number of nitrogens with zero attached hydrogens (tertiary/aromatic N) is 2. The molecular weight excluding hydrogens is 473 g/mol. The Hall–Kier alpha value is -1.68. The first-order chi connectivity index (χ1) is 12.5. The summed E-state index contributed by atoms with van der Waals surface area (Å²) in [6, 6.07) is 7.55. The molecule has 0 spiro atoms. The van der Waals surface area contributed by atoms with Crippen molar-refractivity contribution in [2.75, 3.05) is 20.1 Å². The van der Waals surface area contributed by atoms with Gasteiger partial charge in [0.2, 0.25) is 0 Å². The Balaban J connectivity index is 0.00000364. The van der Waals surface area contributed by atoms with Crippen LogP contribution >= 0.6 is 35.3 Å². The third-order valence-corrected chi connectivity index (χ3v) is 4.64. The molecule has 2 rings (SSSR count). The van der Waals surface area contributed by atoms with Crippen molar-refractivity contribution < 1.29 is 4.79 Å². The predicted molar refractivity (Wildman–Crippen MR) is 123 cm³/mol. The van der Waals surface area contributed by atoms with Gasteiger partial charge in [-0.1, -0.05) is 31.5 Å². The number of benzene rings is 1. The number of hydrogen-bond acceptors (Lipinski definition) is 4. The van der Waals surface area contributed by atoms with Crippen LogP contribution < -0.4 is 16.0 Å². The van der Waals surface area contributed by atoms with E-state index >= 15 is 0 Å². The van der Waals surface area contributed by atoms with Crippen LogP contribution in [0.4, 0.5) is 0 Å². The topological polar surface area (TPSA) is 78.4 Å². The van der Waals surface area contributed by atoms with Gasteiger partial charge in [0.15, 0.2) is 5.96 Å². The number of amides is 1. The molecule has 2 aromatic rings. The second-order valence-electron chi connectivity index (χ2n) is 6.30. The molecule has 6 nitrogen and oxygen atoms in total. The van der Waals surface area contributed by atoms with Crippen LogP contribution in [0.5, 0.6) is 0 Å². The second-order valence-corrected chi connectivity index (χ2v) is 7.24. The van der Waals surface area contributed by atoms with Gasteiger partial charge < -0.3 is 16.0 Å². The first-order valence-corrected chi connectivity index (χ1v) is 9.61. The fraction of sp³-hybridized carbons (Fsp3) is 0.421. The van der Waals surface area contributed by atoms with Gasteiger partial charge in [0.25, 0.3) is 5.91 Å². The summed E-state index contributed by atoms with van der Waals surface area (Å²) in [7, 11) is 1.72. The summed E-state index contributed by atoms with van der Waals surface area (Å²) in [6.45, 7) is 7.98. The van der Waals surface area contributed by atoms with Crippen LogP contribution in [0.1, 0.15) is 46.4 Å². The minimum absolute atomic E-state index is 0. The number of aryl methyl sites for hydroxylation is 1. The van der Waals surface area contributed by atoms with Crippen molar-refractivity contribution in [2.24, 2.45) is 4.99 Å². The molecule has 1 aromatic heterocycles. The Kier molecular flexibility index (Phi) is 10.3. The Bertz CT molecular complexity index is 760. The number of rotatable bonds is 7. The van der Waals surface area contributed by atoms with Crippen molar-refractivity contribution in [2.45, 2.75) is 33.2 Å². The van der Waals surface area contributed by atoms with Crippen LogP contribution in [-0.4, -0.2) is 37.0 Å². The molecule has 1 aromatic carbocycles. The highest BCUT2D eigenvalue weighted by Gasteiger charge is 2.07. The van der Waals surface area contributed by atoms with Gasteiger partial charge in [-0.3, -0.25) is 9.79 Å². The lowest BCUT2D eigenvalue weighted by Gasteiger charge is -2.11. The third kappa shape index (κ3) is 7.84. The zero-order valence-electron chi connectivity index (χ0n) is 16.2. The molecule has 0 aliphatic heterocycles. The minimum Gasteiger partial charge on any atom is -0.355 e. The van der Waals surface area contributed by atoms with Gasteiger partial charge in [-0.05, 0) is 25.0 Å². The Morgan fingerprint density at radius 3 is 2.59 bits per heavy atom. The SMILES string of the molecule is CN=C(NCCNC(=O)c1cccc(C)c1)NCc1nc(C(C)C)cs1.I. The van der Waals surface area contributed by atoms with E-state index in [0.29, 0.717) is 37.1 Å². The maximum atomic E-state index is 12.1. The molecule has 0 saturated carbocycles. The highest BCUT2D eigenvalue weighted by atomic mass is 127. The van der Waals surface area contributed by atoms with Crippen LogP contribution in [-0.2, 0) is 6.54 Å². The van der Waals surface area contributed by atoms with Crippen molar-refractivity contribution >= 4 is 47.2 Å². The maximum absolute atomic E-state index is 12.1. The van der Waals surface area contributed by atoms with Crippen LogP contribution in [0, 0.1) is 6.92 Å². The average Bonchev–Trinajstić information content (AvgIpc) is 3.10. The van der Waals surface area contributed by atoms with Crippen LogP contribution in [0.3, 0.4) is 0 Å². The number of carbonyl (C=O) groups is 1. The summed E-state index contributed by atoms with van der Waals surface area (Å²) >= 11 is 1.65. The van der Waals surface area contributed by atoms with Gasteiger partial charge in [0.1, 0.15) is 5.01 Å². The van der Waals surface area contributed by atoms with Crippen molar-refractivity contribution in [3.05, 3.63) is 51.5 Å². The molecule has 0 bridgehead atoms. The molecule has 0 saturated heterocycles. The zero-order valence-corrected chi connectivity index (χ0v) is 19.4. The van der Waals surface area contributed by atoms with Crippen LogP contribution in [0.15, 0.2) is 34.6 Å². The van der Waals surface area contributed by atoms with E-state index in [2.05, 4.69) is 45.2 Å². The first-order valence-electron chi connectivity index (χ1n) is 8.73. The van der Waals surface area contributed by atoms with Crippen LogP contribution in [0.2, 0.25) is 0 Å². The van der Waals surface area contributed by atoms with Crippen molar-refractivity contribution in [1.29, 1.82) is 0 Å². The summed E-state index contributed by atoms with van der Waals surface area (Å²) in [5, 5.41) is 12.5. The molecule has 0 fully saturated rings. The Morgan fingerprint density at radius 2 is 1.96 bits per heavy atom. The molecule has 0 aliphatic carbocycles. The summed E-state index contributed by atoms with van der Waals surface area (Å²) in [5.74, 6) is 1.06. The standard InChI is InChI=1S/C19H27N5OS.HI/c1-13(2)16-12-26-17(24-16)11-23-19(20-4)22-9-8-21-18(25)15-7-5-6-14(3)10-15;/h5-7,10,12-13H,8-9,11H2,1-4H3,(H,21,25)(H2,20,22,23);1H. The molecule has 1 heterocycles. The Labute approximate surface area is 182 Å². The van der Waals surface area contributed by atoms with Crippen LogP contribution in [0.25, 0.3) is 0 Å². The monoisotopic (exact) mass is 501 g/mol. The summed E-state index contributed by atoms with van der Waals surface area (Å²) in [6.07, 6.45) is 0. The van der Waals surface area contributed by atoms with E-state index in [9.17, 15) is 4.79 Å². The van der Waals surface area contributed by atoms with E-state index in [1.54, 1.807) is 18.4 Å². The highest BCUT2D eigenvalue weighted by molar-refractivity contribution is 14.0. The fourth-order valence-electron chi connectivity index (χ4n) is 2.30. The largest absolute Gasteiger partial charge is 0.355 e. The smallest absolute Gasteiger partial charge is 0.251 e. The fourth-order valence-corrected chi connectivity index (χ4v) is 3.19. The molecule has 1 amide bonds. The number of nitrogens with one attached hydrogen (secondary N) is 3. The molecular formula is C19H28IN5OS. The number of hydrogen-bond donors (Lipinski definition) is 3. The lowest BCUT2D eigenvalue weighted by Crippen LogP contribution is -2.41. The Morgan fingerprint density at radius 1 is 1.22 bits per heavy atom. The lowest BCUT2D eigenvalue weighted by atomic mass is 10.1. The van der Waals surface area contributed by atoms with Gasteiger partial charge in [-0.2, -0.15) is 0 Å². The molecule has 0 atom stereocenters. The van der Waals surface area contributed by atoms with Gasteiger partial charge in [-0.15, -0.1) is 35.3 Å². The first kappa shape index (κ1) is 23.4. The van der Waals surface area contributed by atoms with Crippen molar-refractivity contribution in [3.63, 3.8) is 0 Å². The number of guanidine groups is 1. The van der Waals surface area contributed by atoms with Gasteiger partial charge in [-0.25, -0.2) is 4.98 Å². The maximum Gasteiger partial charge on any atom is 0.251 e. The summed E-state index contributed by atoms with van der Waals surface area (Å²) in [5.41, 5.74) is 2.87. The third-order valence-electron chi connectivity index (χ3n) is 3.77. The van der Waals surface area contributed by atoms with E-state index in [4.69, 9.17) is 0 Å². The number of aliphatic imine (C=N–C) groups is 1. The number of carbonyl (C=O) groups excluding carboxylic acids is 1. The van der Waals surface area contributed by atoms with Crippen molar-refractivity contribution in [3.8, 4) is 0 Å². The van der Waals surface area contributed by atoms with Gasteiger partial charge in [0, 0.05) is 31.1 Å². The lowest BCUT2D eigenvalue weighted by molar-refractivity contribution is 0.0954. The normalized spacial score (nSPS) is 11.1. The van der Waals surface area contributed by atoms with E-state index in [0.717, 1.165) is 16.3 Å². The second kappa shape index (κ2) is 11.9. The number of halogens is 1. The van der Waals surface area contributed by atoms with E-state index in [-0.39, 0.29) is 29.9 Å². The average molecular weight is 501 g/mol. The molecule has 3 N–H and O–H groups in total. The minimum atomic E-state index is -0.0672. The van der Waals surface area contributed by atoms with Gasteiger partial charge >= 0.3 is 0 Å². The summed E-state index contributed by atoms with van der Waals surface area (Å²) in [4.78, 5) is 20.9. The molecule has 27 heavy (non-hydrogen) atoms. The number of thiazole rings is 1. The van der Waals surface area contributed by atoms with E-state index in [1.165, 1.54) is 0 Å². The van der Waals surface area contributed by atoms with E-state index in [1.807, 2.05) is 31.2 Å². The molecule has 148 valence electrons. The molecule has 0 aliphatic rings. The quantitative estimate of drug-likeness (QED) is 0.236. The van der Waals surface area contributed by atoms with Crippen molar-refractivity contribution in [1.82, 2.24) is 20.9 Å². The summed E-state index contributed by atoms with van der Waals surface area (Å²) < 4.78 is 0. The molecule has 0 unspecified atom stereocenters. The predicted octanol–water partition coefficient (Wildman–Crippen LogP) is 3.29.